The molecule has 0 unspecified atom stereocenters. The van der Waals surface area contributed by atoms with Gasteiger partial charge in [-0.25, -0.2) is 0 Å². The molecule has 16 heavy (non-hydrogen) atoms. The van der Waals surface area contributed by atoms with Crippen molar-refractivity contribution in [3.05, 3.63) is 23.4 Å². The number of unbranched alkanes of at least 4 members (excludes halogenated alkanes) is 3. The highest BCUT2D eigenvalue weighted by Crippen LogP contribution is 2.34. The first-order valence-corrected chi connectivity index (χ1v) is 5.76. The van der Waals surface area contributed by atoms with Gasteiger partial charge in [0.15, 0.2) is 0 Å². The summed E-state index contributed by atoms with van der Waals surface area (Å²) < 4.78 is 37.9. The van der Waals surface area contributed by atoms with Gasteiger partial charge in [-0.1, -0.05) is 32.3 Å². The Balaban J connectivity index is 2.50. The first-order chi connectivity index (χ1) is 7.55. The molecule has 0 amide bonds. The molecule has 0 saturated heterocycles. The molecule has 1 aliphatic rings. The smallest absolute Gasteiger partial charge is 0.387 e. The molecule has 1 rings (SSSR count). The van der Waals surface area contributed by atoms with E-state index in [9.17, 15) is 13.2 Å². The van der Waals surface area contributed by atoms with Crippen molar-refractivity contribution in [2.24, 2.45) is 0 Å². The van der Waals surface area contributed by atoms with Crippen molar-refractivity contribution in [1.29, 1.82) is 0 Å². The number of allylic oxidation sites excluding steroid dienone is 2. The molecule has 1 N–H and O–H groups in total. The Morgan fingerprint density at radius 3 is 2.62 bits per heavy atom. The molecule has 4 heteroatoms. The maximum absolute atomic E-state index is 12.6. The lowest BCUT2D eigenvalue weighted by Gasteiger charge is -2.19. The van der Waals surface area contributed by atoms with Gasteiger partial charge in [0.05, 0.1) is 5.57 Å². The molecule has 0 aromatic carbocycles. The van der Waals surface area contributed by atoms with Crippen LogP contribution in [0.25, 0.3) is 0 Å². The molecule has 0 spiro atoms. The van der Waals surface area contributed by atoms with Gasteiger partial charge in [0.2, 0.25) is 0 Å². The highest BCUT2D eigenvalue weighted by molar-refractivity contribution is 5.36. The van der Waals surface area contributed by atoms with Crippen LogP contribution in [0.4, 0.5) is 13.2 Å². The topological polar surface area (TPSA) is 12.0 Å². The largest absolute Gasteiger partial charge is 0.418 e. The van der Waals surface area contributed by atoms with E-state index < -0.39 is 11.7 Å². The molecule has 0 aliphatic carbocycles. The van der Waals surface area contributed by atoms with Crippen molar-refractivity contribution in [3.63, 3.8) is 0 Å². The summed E-state index contributed by atoms with van der Waals surface area (Å²) in [4.78, 5) is 0. The van der Waals surface area contributed by atoms with Crippen molar-refractivity contribution in [3.8, 4) is 0 Å². The predicted octanol–water partition coefficient (Wildman–Crippen LogP) is 3.93. The third kappa shape index (κ3) is 3.91. The molecule has 0 aromatic rings. The minimum Gasteiger partial charge on any atom is -0.387 e. The van der Waals surface area contributed by atoms with E-state index in [0.717, 1.165) is 31.9 Å². The summed E-state index contributed by atoms with van der Waals surface area (Å²) in [6.45, 7) is 2.59. The van der Waals surface area contributed by atoms with Gasteiger partial charge in [0.25, 0.3) is 0 Å². The van der Waals surface area contributed by atoms with Crippen molar-refractivity contribution < 1.29 is 13.2 Å². The van der Waals surface area contributed by atoms with E-state index >= 15 is 0 Å². The highest BCUT2D eigenvalue weighted by atomic mass is 19.4. The van der Waals surface area contributed by atoms with E-state index in [-0.39, 0.29) is 0 Å². The molecular weight excluding hydrogens is 215 g/mol. The number of hydrogen-bond donors (Lipinski definition) is 1. The summed E-state index contributed by atoms with van der Waals surface area (Å²) in [7, 11) is 0. The predicted molar refractivity (Wildman–Crippen MR) is 59.0 cm³/mol. The van der Waals surface area contributed by atoms with Crippen LogP contribution in [0.5, 0.6) is 0 Å². The first-order valence-electron chi connectivity index (χ1n) is 5.76. The molecule has 1 nitrogen and oxygen atoms in total. The maximum atomic E-state index is 12.6. The Labute approximate surface area is 94.4 Å². The zero-order valence-electron chi connectivity index (χ0n) is 9.53. The minimum atomic E-state index is -4.23. The van der Waals surface area contributed by atoms with Gasteiger partial charge in [-0.2, -0.15) is 13.2 Å². The fourth-order valence-corrected chi connectivity index (χ4v) is 1.79. The van der Waals surface area contributed by atoms with Crippen molar-refractivity contribution in [2.45, 2.75) is 45.2 Å². The molecule has 0 fully saturated rings. The van der Waals surface area contributed by atoms with Crippen molar-refractivity contribution >= 4 is 0 Å². The van der Waals surface area contributed by atoms with Gasteiger partial charge in [-0.3, -0.25) is 0 Å². The molecule has 1 heterocycles. The minimum absolute atomic E-state index is 0.447. The normalized spacial score (nSPS) is 16.5. The number of halogens is 3. The number of rotatable bonds is 5. The zero-order valence-corrected chi connectivity index (χ0v) is 9.53. The van der Waals surface area contributed by atoms with Gasteiger partial charge in [0.1, 0.15) is 0 Å². The first kappa shape index (κ1) is 13.1. The fraction of sp³-hybridized carbons (Fsp3) is 0.667. The number of alkyl halides is 3. The standard InChI is InChI=1S/C12H18F3N/c1-2-3-4-5-6-10-7-8-16-9-11(10)12(13,14)15/h7,9,16H,2-6,8H2,1H3. The third-order valence-electron chi connectivity index (χ3n) is 2.66. The summed E-state index contributed by atoms with van der Waals surface area (Å²) in [5, 5.41) is 2.61. The Hall–Kier alpha value is -0.930. The molecule has 0 bridgehead atoms. The number of dihydropyridines is 1. The summed E-state index contributed by atoms with van der Waals surface area (Å²) in [5.74, 6) is 0. The molecule has 1 aliphatic heterocycles. The third-order valence-corrected chi connectivity index (χ3v) is 2.66. The van der Waals surface area contributed by atoms with Crippen LogP contribution >= 0.6 is 0 Å². The lowest BCUT2D eigenvalue weighted by Crippen LogP contribution is -2.22. The van der Waals surface area contributed by atoms with Crippen LogP contribution < -0.4 is 5.32 Å². The number of hydrogen-bond acceptors (Lipinski definition) is 1. The van der Waals surface area contributed by atoms with E-state index in [4.69, 9.17) is 0 Å². The zero-order chi connectivity index (χ0) is 12.0. The second-order valence-electron chi connectivity index (χ2n) is 4.00. The Bertz CT molecular complexity index is 276. The van der Waals surface area contributed by atoms with E-state index in [1.165, 1.54) is 0 Å². The molecule has 0 saturated carbocycles. The average molecular weight is 233 g/mol. The summed E-state index contributed by atoms with van der Waals surface area (Å²) in [5.41, 5.74) is -0.0578. The second kappa shape index (κ2) is 5.97. The number of nitrogens with one attached hydrogen (secondary N) is 1. The Morgan fingerprint density at radius 1 is 1.25 bits per heavy atom. The van der Waals surface area contributed by atoms with Crippen molar-refractivity contribution in [2.75, 3.05) is 6.54 Å². The van der Waals surface area contributed by atoms with Gasteiger partial charge < -0.3 is 5.32 Å². The molecular formula is C12H18F3N. The monoisotopic (exact) mass is 233 g/mol. The molecule has 92 valence electrons. The van der Waals surface area contributed by atoms with Crippen LogP contribution in [0.1, 0.15) is 39.0 Å². The van der Waals surface area contributed by atoms with Crippen LogP contribution in [-0.4, -0.2) is 12.7 Å². The van der Waals surface area contributed by atoms with Crippen LogP contribution in [-0.2, 0) is 0 Å². The lowest BCUT2D eigenvalue weighted by atomic mass is 9.97. The van der Waals surface area contributed by atoms with E-state index in [1.807, 2.05) is 0 Å². The van der Waals surface area contributed by atoms with E-state index in [0.29, 0.717) is 18.5 Å². The SMILES string of the molecule is CCCCCCC1=CCNC=C1C(F)(F)F. The summed E-state index contributed by atoms with van der Waals surface area (Å²) in [6, 6.07) is 0. The van der Waals surface area contributed by atoms with Crippen LogP contribution in [0.2, 0.25) is 0 Å². The molecule has 0 aromatic heterocycles. The average Bonchev–Trinajstić information content (AvgIpc) is 2.24. The molecule has 0 atom stereocenters. The second-order valence-corrected chi connectivity index (χ2v) is 4.00. The van der Waals surface area contributed by atoms with Crippen LogP contribution in [0.15, 0.2) is 23.4 Å². The fourth-order valence-electron chi connectivity index (χ4n) is 1.79. The maximum Gasteiger partial charge on any atom is 0.418 e. The summed E-state index contributed by atoms with van der Waals surface area (Å²) in [6.07, 6.45) is 3.08. The van der Waals surface area contributed by atoms with Crippen LogP contribution in [0, 0.1) is 0 Å². The van der Waals surface area contributed by atoms with Gasteiger partial charge in [-0.15, -0.1) is 0 Å². The van der Waals surface area contributed by atoms with E-state index in [2.05, 4.69) is 12.2 Å². The van der Waals surface area contributed by atoms with Gasteiger partial charge >= 0.3 is 6.18 Å². The Kier molecular flexibility index (Phi) is 4.90. The van der Waals surface area contributed by atoms with Crippen molar-refractivity contribution in [1.82, 2.24) is 5.32 Å². The van der Waals surface area contributed by atoms with Gasteiger partial charge in [0, 0.05) is 12.7 Å². The quantitative estimate of drug-likeness (QED) is 0.709. The van der Waals surface area contributed by atoms with Crippen LogP contribution in [0.3, 0.4) is 0 Å². The highest BCUT2D eigenvalue weighted by Gasteiger charge is 2.36. The Morgan fingerprint density at radius 2 is 2.00 bits per heavy atom. The summed E-state index contributed by atoms with van der Waals surface area (Å²) >= 11 is 0. The molecule has 0 radical (unpaired) electrons. The van der Waals surface area contributed by atoms with E-state index in [1.54, 1.807) is 6.08 Å². The van der Waals surface area contributed by atoms with Gasteiger partial charge in [-0.05, 0) is 18.4 Å². The lowest BCUT2D eigenvalue weighted by molar-refractivity contribution is -0.0901.